The second-order valence-corrected chi connectivity index (χ2v) is 5.29. The first-order chi connectivity index (χ1) is 9.22. The Balaban J connectivity index is 2.20. The van der Waals surface area contributed by atoms with Gasteiger partial charge in [-0.25, -0.2) is 4.39 Å². The van der Waals surface area contributed by atoms with E-state index in [0.29, 0.717) is 6.54 Å². The molecule has 1 N–H and O–H groups in total. The van der Waals surface area contributed by atoms with Crippen molar-refractivity contribution in [2.45, 2.75) is 20.0 Å². The summed E-state index contributed by atoms with van der Waals surface area (Å²) in [5.74, 6) is -0.143. The fourth-order valence-electron chi connectivity index (χ4n) is 2.07. The van der Waals surface area contributed by atoms with Gasteiger partial charge in [0.25, 0.3) is 0 Å². The Morgan fingerprint density at radius 2 is 2.16 bits per heavy atom. The number of hydrogen-bond donors (Lipinski definition) is 1. The molecule has 2 aromatic rings. The predicted octanol–water partition coefficient (Wildman–Crippen LogP) is 3.63. The molecule has 102 valence electrons. The molecule has 0 spiro atoms. The van der Waals surface area contributed by atoms with Crippen LogP contribution in [-0.2, 0) is 13.1 Å². The summed E-state index contributed by atoms with van der Waals surface area (Å²) in [5, 5.41) is 7.38. The van der Waals surface area contributed by atoms with Crippen molar-refractivity contribution in [3.8, 4) is 0 Å². The van der Waals surface area contributed by atoms with Crippen molar-refractivity contribution in [3.63, 3.8) is 0 Å². The predicted molar refractivity (Wildman–Crippen MR) is 80.2 cm³/mol. The van der Waals surface area contributed by atoms with Crippen molar-refractivity contribution in [2.75, 3.05) is 18.5 Å². The van der Waals surface area contributed by atoms with Crippen LogP contribution in [0.1, 0.15) is 18.1 Å². The van der Waals surface area contributed by atoms with Crippen LogP contribution in [0, 0.1) is 5.82 Å². The topological polar surface area (TPSA) is 15.3 Å². The lowest BCUT2D eigenvalue weighted by molar-refractivity contribution is 0.592. The molecule has 0 radical (unpaired) electrons. The highest BCUT2D eigenvalue weighted by Gasteiger charge is 2.12. The van der Waals surface area contributed by atoms with Crippen LogP contribution in [0.2, 0.25) is 0 Å². The number of thiophene rings is 1. The van der Waals surface area contributed by atoms with Gasteiger partial charge in [-0.3, -0.25) is 0 Å². The zero-order chi connectivity index (χ0) is 13.7. The fourth-order valence-corrected chi connectivity index (χ4v) is 2.73. The molecule has 0 amide bonds. The van der Waals surface area contributed by atoms with E-state index in [1.807, 2.05) is 20.0 Å². The first-order valence-corrected chi connectivity index (χ1v) is 7.37. The highest BCUT2D eigenvalue weighted by molar-refractivity contribution is 7.07. The lowest BCUT2D eigenvalue weighted by Gasteiger charge is -2.22. The van der Waals surface area contributed by atoms with E-state index in [1.54, 1.807) is 17.4 Å². The molecule has 0 aliphatic rings. The van der Waals surface area contributed by atoms with E-state index in [1.165, 1.54) is 11.6 Å². The van der Waals surface area contributed by atoms with Crippen molar-refractivity contribution in [2.24, 2.45) is 0 Å². The molecule has 2 rings (SSSR count). The van der Waals surface area contributed by atoms with Crippen LogP contribution < -0.4 is 10.2 Å². The Kier molecular flexibility index (Phi) is 4.93. The van der Waals surface area contributed by atoms with Gasteiger partial charge < -0.3 is 10.2 Å². The molecule has 1 aromatic heterocycles. The number of halogens is 1. The Morgan fingerprint density at radius 3 is 2.84 bits per heavy atom. The molecule has 0 aliphatic heterocycles. The maximum atomic E-state index is 13.9. The fraction of sp³-hybridized carbons (Fsp3) is 0.333. The maximum Gasteiger partial charge on any atom is 0.129 e. The molecule has 0 fully saturated rings. The highest BCUT2D eigenvalue weighted by Crippen LogP contribution is 2.24. The van der Waals surface area contributed by atoms with Crippen LogP contribution in [0.25, 0.3) is 0 Å². The van der Waals surface area contributed by atoms with Gasteiger partial charge in [-0.15, -0.1) is 0 Å². The molecule has 0 saturated carbocycles. The first-order valence-electron chi connectivity index (χ1n) is 6.42. The highest BCUT2D eigenvalue weighted by atomic mass is 32.1. The lowest BCUT2D eigenvalue weighted by atomic mass is 10.1. The summed E-state index contributed by atoms with van der Waals surface area (Å²) in [7, 11) is 2.00. The minimum atomic E-state index is -0.143. The molecule has 1 heterocycles. The normalized spacial score (nSPS) is 10.7. The molecule has 4 heteroatoms. The van der Waals surface area contributed by atoms with Crippen LogP contribution in [0.5, 0.6) is 0 Å². The van der Waals surface area contributed by atoms with Gasteiger partial charge >= 0.3 is 0 Å². The Morgan fingerprint density at radius 1 is 1.32 bits per heavy atom. The summed E-state index contributed by atoms with van der Waals surface area (Å²) >= 11 is 1.68. The van der Waals surface area contributed by atoms with Gasteiger partial charge in [0.2, 0.25) is 0 Å². The Hall–Kier alpha value is -1.39. The molecule has 0 bridgehead atoms. The van der Waals surface area contributed by atoms with Crippen molar-refractivity contribution in [1.29, 1.82) is 0 Å². The molecule has 19 heavy (non-hydrogen) atoms. The van der Waals surface area contributed by atoms with E-state index >= 15 is 0 Å². The number of hydrogen-bond acceptors (Lipinski definition) is 3. The van der Waals surface area contributed by atoms with Gasteiger partial charge in [0.05, 0.1) is 0 Å². The van der Waals surface area contributed by atoms with Crippen LogP contribution in [0.4, 0.5) is 10.1 Å². The molecular formula is C15H19FN2S. The van der Waals surface area contributed by atoms with Crippen molar-refractivity contribution in [1.82, 2.24) is 5.32 Å². The number of nitrogens with zero attached hydrogens (tertiary/aromatic N) is 1. The molecule has 0 atom stereocenters. The second kappa shape index (κ2) is 6.68. The standard InChI is InChI=1S/C15H19FN2S/c1-3-17-9-13-14(16)5-4-6-15(13)18(2)10-12-7-8-19-11-12/h4-8,11,17H,3,9-10H2,1-2H3. The molecule has 1 aromatic carbocycles. The van der Waals surface area contributed by atoms with E-state index in [9.17, 15) is 4.39 Å². The molecule has 0 unspecified atom stereocenters. The average Bonchev–Trinajstić information content (AvgIpc) is 2.90. The molecule has 0 aliphatic carbocycles. The number of anilines is 1. The van der Waals surface area contributed by atoms with E-state index in [0.717, 1.165) is 24.3 Å². The molecule has 0 saturated heterocycles. The van der Waals surface area contributed by atoms with Gasteiger partial charge in [0, 0.05) is 31.4 Å². The third-order valence-corrected chi connectivity index (χ3v) is 3.79. The average molecular weight is 278 g/mol. The minimum Gasteiger partial charge on any atom is -0.370 e. The van der Waals surface area contributed by atoms with Crippen LogP contribution in [-0.4, -0.2) is 13.6 Å². The Bertz CT molecular complexity index is 511. The largest absolute Gasteiger partial charge is 0.370 e. The van der Waals surface area contributed by atoms with E-state index in [4.69, 9.17) is 0 Å². The first kappa shape index (κ1) is 14.0. The summed E-state index contributed by atoms with van der Waals surface area (Å²) < 4.78 is 13.9. The summed E-state index contributed by atoms with van der Waals surface area (Å²) in [6.07, 6.45) is 0. The van der Waals surface area contributed by atoms with Gasteiger partial charge in [-0.05, 0) is 41.1 Å². The van der Waals surface area contributed by atoms with Gasteiger partial charge in [-0.1, -0.05) is 13.0 Å². The van der Waals surface area contributed by atoms with E-state index in [2.05, 4.69) is 27.0 Å². The van der Waals surface area contributed by atoms with Gasteiger partial charge in [0.15, 0.2) is 0 Å². The van der Waals surface area contributed by atoms with E-state index < -0.39 is 0 Å². The molecular weight excluding hydrogens is 259 g/mol. The third kappa shape index (κ3) is 3.55. The second-order valence-electron chi connectivity index (χ2n) is 4.51. The maximum absolute atomic E-state index is 13.9. The lowest BCUT2D eigenvalue weighted by Crippen LogP contribution is -2.21. The number of nitrogens with one attached hydrogen (secondary N) is 1. The monoisotopic (exact) mass is 278 g/mol. The summed E-state index contributed by atoms with van der Waals surface area (Å²) in [6, 6.07) is 7.37. The number of rotatable bonds is 6. The summed E-state index contributed by atoms with van der Waals surface area (Å²) in [5.41, 5.74) is 2.94. The molecule has 2 nitrogen and oxygen atoms in total. The summed E-state index contributed by atoms with van der Waals surface area (Å²) in [4.78, 5) is 2.10. The van der Waals surface area contributed by atoms with Gasteiger partial charge in [0.1, 0.15) is 5.82 Å². The smallest absolute Gasteiger partial charge is 0.129 e. The summed E-state index contributed by atoms with van der Waals surface area (Å²) in [6.45, 7) is 4.22. The Labute approximate surface area is 117 Å². The zero-order valence-electron chi connectivity index (χ0n) is 11.3. The van der Waals surface area contributed by atoms with Gasteiger partial charge in [-0.2, -0.15) is 11.3 Å². The van der Waals surface area contributed by atoms with Crippen LogP contribution in [0.3, 0.4) is 0 Å². The van der Waals surface area contributed by atoms with Crippen LogP contribution in [0.15, 0.2) is 35.0 Å². The van der Waals surface area contributed by atoms with Crippen molar-refractivity contribution >= 4 is 17.0 Å². The zero-order valence-corrected chi connectivity index (χ0v) is 12.1. The van der Waals surface area contributed by atoms with Crippen molar-refractivity contribution in [3.05, 3.63) is 52.0 Å². The van der Waals surface area contributed by atoms with E-state index in [-0.39, 0.29) is 5.82 Å². The van der Waals surface area contributed by atoms with Crippen molar-refractivity contribution < 1.29 is 4.39 Å². The number of benzene rings is 1. The quantitative estimate of drug-likeness (QED) is 0.868. The minimum absolute atomic E-state index is 0.143. The SMILES string of the molecule is CCNCc1c(F)cccc1N(C)Cc1ccsc1. The van der Waals surface area contributed by atoms with Crippen LogP contribution >= 0.6 is 11.3 Å². The third-order valence-electron chi connectivity index (χ3n) is 3.06.